The van der Waals surface area contributed by atoms with E-state index in [0.29, 0.717) is 23.6 Å². The number of hydrogen-bond donors (Lipinski definition) is 1. The van der Waals surface area contributed by atoms with Gasteiger partial charge < -0.3 is 24.4 Å². The molecule has 3 aromatic rings. The number of aliphatic hydroxyl groups is 1. The molecule has 3 heterocycles. The third-order valence-electron chi connectivity index (χ3n) is 7.06. The van der Waals surface area contributed by atoms with Crippen molar-refractivity contribution in [1.29, 1.82) is 0 Å². The lowest BCUT2D eigenvalue weighted by Gasteiger charge is -2.58. The molecule has 2 amide bonds. The largest absolute Gasteiger partial charge is 0.454 e. The Morgan fingerprint density at radius 3 is 2.44 bits per heavy atom. The van der Waals surface area contributed by atoms with Crippen LogP contribution in [0.2, 0.25) is 0 Å². The van der Waals surface area contributed by atoms with Gasteiger partial charge in [0.2, 0.25) is 12.7 Å². The van der Waals surface area contributed by atoms with E-state index in [2.05, 4.69) is 36.4 Å². The molecule has 3 aliphatic rings. The first-order chi connectivity index (χ1) is 16.6. The number of rotatable bonds is 4. The Labute approximate surface area is 197 Å². The van der Waals surface area contributed by atoms with E-state index in [9.17, 15) is 14.7 Å². The van der Waals surface area contributed by atoms with Gasteiger partial charge in [0.25, 0.3) is 5.91 Å². The minimum absolute atomic E-state index is 0.0000593. The van der Waals surface area contributed by atoms with E-state index in [0.717, 1.165) is 16.7 Å². The van der Waals surface area contributed by atoms with Gasteiger partial charge in [-0.1, -0.05) is 54.6 Å². The van der Waals surface area contributed by atoms with Crippen LogP contribution in [0, 0.1) is 0 Å². The number of nitrogens with zero attached hydrogens (tertiary/aromatic N) is 2. The average Bonchev–Trinajstić information content (AvgIpc) is 3.34. The van der Waals surface area contributed by atoms with Crippen LogP contribution in [0.5, 0.6) is 11.5 Å². The zero-order chi connectivity index (χ0) is 23.2. The van der Waals surface area contributed by atoms with Crippen molar-refractivity contribution in [2.45, 2.75) is 18.0 Å². The van der Waals surface area contributed by atoms with E-state index in [-0.39, 0.29) is 49.8 Å². The maximum Gasteiger partial charge on any atom is 0.254 e. The molecule has 7 heteroatoms. The van der Waals surface area contributed by atoms with Crippen molar-refractivity contribution in [2.75, 3.05) is 26.5 Å². The number of hydrogen-bond acceptors (Lipinski definition) is 5. The average molecular weight is 456 g/mol. The quantitative estimate of drug-likeness (QED) is 0.653. The third-order valence-corrected chi connectivity index (χ3v) is 7.06. The van der Waals surface area contributed by atoms with Crippen LogP contribution in [0.1, 0.15) is 21.8 Å². The first-order valence-corrected chi connectivity index (χ1v) is 11.4. The van der Waals surface area contributed by atoms with Gasteiger partial charge in [-0.25, -0.2) is 0 Å². The molecule has 3 atom stereocenters. The number of ether oxygens (including phenoxy) is 2. The summed E-state index contributed by atoms with van der Waals surface area (Å²) in [6.07, 6.45) is 0. The predicted octanol–water partition coefficient (Wildman–Crippen LogP) is 2.89. The lowest BCUT2D eigenvalue weighted by atomic mass is 9.73. The molecule has 0 aliphatic carbocycles. The topological polar surface area (TPSA) is 79.3 Å². The Bertz CT molecular complexity index is 1240. The first-order valence-electron chi connectivity index (χ1n) is 11.4. The van der Waals surface area contributed by atoms with E-state index < -0.39 is 0 Å². The smallest absolute Gasteiger partial charge is 0.254 e. The SMILES string of the molecule is O=C(c1ccc2c(c1)OCO2)N1CC(=O)N2[C@H](CO)[C@H](c3ccc(-c4ccccc4)cc3)[C@@H]2C1. The molecule has 172 valence electrons. The van der Waals surface area contributed by atoms with Gasteiger partial charge in [-0.15, -0.1) is 0 Å². The number of aliphatic hydroxyl groups excluding tert-OH is 1. The Hall–Kier alpha value is -3.84. The van der Waals surface area contributed by atoms with Crippen LogP contribution in [0.15, 0.2) is 72.8 Å². The second-order valence-corrected chi connectivity index (χ2v) is 8.89. The van der Waals surface area contributed by atoms with E-state index in [1.807, 2.05) is 18.2 Å². The Morgan fingerprint density at radius 2 is 1.68 bits per heavy atom. The Morgan fingerprint density at radius 1 is 0.941 bits per heavy atom. The van der Waals surface area contributed by atoms with Crippen molar-refractivity contribution >= 4 is 11.8 Å². The van der Waals surface area contributed by atoms with Crippen molar-refractivity contribution in [2.24, 2.45) is 0 Å². The zero-order valence-corrected chi connectivity index (χ0v) is 18.5. The standard InChI is InChI=1S/C27H24N2O5/c30-15-22-26(19-8-6-18(7-9-19)17-4-2-1-3-5-17)21-13-28(14-25(31)29(21)22)27(32)20-10-11-23-24(12-20)34-16-33-23/h1-12,21-22,26,30H,13-16H2/t21-,22+,26+/m0/s1. The number of carbonyl (C=O) groups is 2. The normalized spacial score (nSPS) is 22.9. The molecule has 0 aromatic heterocycles. The zero-order valence-electron chi connectivity index (χ0n) is 18.5. The van der Waals surface area contributed by atoms with Crippen LogP contribution in [0.3, 0.4) is 0 Å². The lowest BCUT2D eigenvalue weighted by molar-refractivity contribution is -0.159. The maximum absolute atomic E-state index is 13.2. The van der Waals surface area contributed by atoms with Gasteiger partial charge in [-0.05, 0) is 34.9 Å². The van der Waals surface area contributed by atoms with Crippen LogP contribution in [0.4, 0.5) is 0 Å². The molecule has 7 nitrogen and oxygen atoms in total. The summed E-state index contributed by atoms with van der Waals surface area (Å²) in [5, 5.41) is 10.0. The highest BCUT2D eigenvalue weighted by Gasteiger charge is 2.54. The lowest BCUT2D eigenvalue weighted by Crippen LogP contribution is -2.73. The maximum atomic E-state index is 13.2. The summed E-state index contributed by atoms with van der Waals surface area (Å²) < 4.78 is 10.7. The van der Waals surface area contributed by atoms with Crippen LogP contribution < -0.4 is 9.47 Å². The van der Waals surface area contributed by atoms with Gasteiger partial charge >= 0.3 is 0 Å². The van der Waals surface area contributed by atoms with Gasteiger partial charge in [-0.3, -0.25) is 9.59 Å². The number of fused-ring (bicyclic) bond motifs is 2. The highest BCUT2D eigenvalue weighted by atomic mass is 16.7. The molecule has 0 bridgehead atoms. The van der Waals surface area contributed by atoms with Crippen LogP contribution in [0.25, 0.3) is 11.1 Å². The second-order valence-electron chi connectivity index (χ2n) is 8.89. The van der Waals surface area contributed by atoms with E-state index >= 15 is 0 Å². The predicted molar refractivity (Wildman–Crippen MR) is 125 cm³/mol. The molecule has 2 fully saturated rings. The fraction of sp³-hybridized carbons (Fsp3) is 0.259. The summed E-state index contributed by atoms with van der Waals surface area (Å²) in [7, 11) is 0. The fourth-order valence-corrected chi connectivity index (χ4v) is 5.39. The molecular weight excluding hydrogens is 432 g/mol. The van der Waals surface area contributed by atoms with E-state index in [1.54, 1.807) is 28.0 Å². The molecule has 2 saturated heterocycles. The molecule has 34 heavy (non-hydrogen) atoms. The van der Waals surface area contributed by atoms with Crippen LogP contribution in [-0.4, -0.2) is 65.3 Å². The van der Waals surface area contributed by atoms with Gasteiger partial charge in [-0.2, -0.15) is 0 Å². The van der Waals surface area contributed by atoms with E-state index in [1.165, 1.54) is 0 Å². The van der Waals surface area contributed by atoms with Crippen molar-refractivity contribution in [3.8, 4) is 22.6 Å². The first kappa shape index (κ1) is 20.7. The fourth-order valence-electron chi connectivity index (χ4n) is 5.39. The summed E-state index contributed by atoms with van der Waals surface area (Å²) >= 11 is 0. The molecule has 0 unspecified atom stereocenters. The van der Waals surface area contributed by atoms with Crippen molar-refractivity contribution in [3.05, 3.63) is 83.9 Å². The third kappa shape index (κ3) is 3.31. The molecule has 0 radical (unpaired) electrons. The number of benzene rings is 3. The molecule has 1 N–H and O–H groups in total. The molecule has 3 aliphatic heterocycles. The minimum atomic E-state index is -0.275. The molecular formula is C27H24N2O5. The summed E-state index contributed by atoms with van der Waals surface area (Å²) in [4.78, 5) is 29.5. The molecule has 0 saturated carbocycles. The second kappa shape index (κ2) is 8.18. The number of piperazine rings is 1. The summed E-state index contributed by atoms with van der Waals surface area (Å²) in [5.74, 6) is 0.766. The van der Waals surface area contributed by atoms with Crippen LogP contribution >= 0.6 is 0 Å². The summed E-state index contributed by atoms with van der Waals surface area (Å²) in [5.41, 5.74) is 3.77. The number of carbonyl (C=O) groups excluding carboxylic acids is 2. The van der Waals surface area contributed by atoms with Gasteiger partial charge in [0.05, 0.1) is 18.7 Å². The molecule has 3 aromatic carbocycles. The monoisotopic (exact) mass is 456 g/mol. The van der Waals surface area contributed by atoms with Gasteiger partial charge in [0.1, 0.15) is 6.54 Å². The Balaban J connectivity index is 1.24. The summed E-state index contributed by atoms with van der Waals surface area (Å²) in [6, 6.07) is 23.0. The minimum Gasteiger partial charge on any atom is -0.454 e. The molecule has 6 rings (SSSR count). The highest BCUT2D eigenvalue weighted by Crippen LogP contribution is 2.43. The van der Waals surface area contributed by atoms with Crippen LogP contribution in [-0.2, 0) is 4.79 Å². The van der Waals surface area contributed by atoms with Gasteiger partial charge in [0.15, 0.2) is 11.5 Å². The highest BCUT2D eigenvalue weighted by molar-refractivity contribution is 5.98. The van der Waals surface area contributed by atoms with Crippen molar-refractivity contribution in [1.82, 2.24) is 9.80 Å². The van der Waals surface area contributed by atoms with Crippen molar-refractivity contribution < 1.29 is 24.2 Å². The Kier molecular flexibility index (Phi) is 4.99. The van der Waals surface area contributed by atoms with Crippen molar-refractivity contribution in [3.63, 3.8) is 0 Å². The van der Waals surface area contributed by atoms with E-state index in [4.69, 9.17) is 9.47 Å². The number of amides is 2. The van der Waals surface area contributed by atoms with Gasteiger partial charge in [0, 0.05) is 18.0 Å². The molecule has 0 spiro atoms. The summed E-state index contributed by atoms with van der Waals surface area (Å²) in [6.45, 7) is 0.448.